The summed E-state index contributed by atoms with van der Waals surface area (Å²) in [6, 6.07) is 0. The molecular formula is C10H13O2. The topological polar surface area (TPSA) is 26.3 Å². The van der Waals surface area contributed by atoms with Crippen molar-refractivity contribution in [2.24, 2.45) is 23.7 Å². The van der Waals surface area contributed by atoms with Crippen LogP contribution in [0.4, 0.5) is 0 Å². The van der Waals surface area contributed by atoms with Crippen LogP contribution in [0, 0.1) is 30.1 Å². The Balaban J connectivity index is 1.94. The number of esters is 1. The molecule has 1 aliphatic heterocycles. The molecule has 0 aromatic rings. The van der Waals surface area contributed by atoms with Crippen LogP contribution in [0.1, 0.15) is 19.3 Å². The van der Waals surface area contributed by atoms with Crippen molar-refractivity contribution in [1.82, 2.24) is 0 Å². The van der Waals surface area contributed by atoms with Crippen LogP contribution in [-0.2, 0) is 9.53 Å². The maximum absolute atomic E-state index is 11.4. The van der Waals surface area contributed by atoms with Crippen molar-refractivity contribution in [2.45, 2.75) is 19.3 Å². The lowest BCUT2D eigenvalue weighted by Gasteiger charge is -2.42. The number of hydrogen-bond donors (Lipinski definition) is 0. The van der Waals surface area contributed by atoms with Crippen molar-refractivity contribution in [2.75, 3.05) is 6.61 Å². The number of fused-ring (bicyclic) bond motifs is 2. The van der Waals surface area contributed by atoms with Crippen molar-refractivity contribution in [3.05, 3.63) is 6.42 Å². The smallest absolute Gasteiger partial charge is 0.309 e. The normalized spacial score (nSPS) is 50.5. The van der Waals surface area contributed by atoms with Gasteiger partial charge in [0.1, 0.15) is 0 Å². The van der Waals surface area contributed by atoms with Crippen LogP contribution >= 0.6 is 0 Å². The molecule has 2 heteroatoms. The molecule has 3 aliphatic carbocycles. The van der Waals surface area contributed by atoms with Gasteiger partial charge in [-0.25, -0.2) is 0 Å². The zero-order valence-corrected chi connectivity index (χ0v) is 7.03. The molecule has 4 unspecified atom stereocenters. The Morgan fingerprint density at radius 3 is 3.00 bits per heavy atom. The molecule has 4 aliphatic rings. The highest BCUT2D eigenvalue weighted by atomic mass is 16.5. The van der Waals surface area contributed by atoms with E-state index in [2.05, 4.69) is 6.42 Å². The molecular weight excluding hydrogens is 152 g/mol. The van der Waals surface area contributed by atoms with Crippen molar-refractivity contribution in [3.8, 4) is 0 Å². The van der Waals surface area contributed by atoms with Gasteiger partial charge in [-0.1, -0.05) is 0 Å². The van der Waals surface area contributed by atoms with Gasteiger partial charge in [-0.2, -0.15) is 0 Å². The molecule has 0 aromatic carbocycles. The summed E-state index contributed by atoms with van der Waals surface area (Å²) in [4.78, 5) is 11.4. The van der Waals surface area contributed by atoms with Crippen LogP contribution in [0.15, 0.2) is 0 Å². The standard InChI is InChI=1S/C10H13O2/c11-10-9-7-3-1-6(2-4-7)8(9)5-12-10/h3,6-9H,1-2,4-5H2. The molecule has 65 valence electrons. The van der Waals surface area contributed by atoms with Crippen molar-refractivity contribution in [3.63, 3.8) is 0 Å². The van der Waals surface area contributed by atoms with Crippen LogP contribution in [0.25, 0.3) is 0 Å². The summed E-state index contributed by atoms with van der Waals surface area (Å²) in [7, 11) is 0. The molecule has 3 saturated carbocycles. The van der Waals surface area contributed by atoms with Crippen molar-refractivity contribution >= 4 is 5.97 Å². The predicted octanol–water partition coefficient (Wildman–Crippen LogP) is 1.41. The highest BCUT2D eigenvalue weighted by molar-refractivity contribution is 5.75. The van der Waals surface area contributed by atoms with Crippen LogP contribution in [0.2, 0.25) is 0 Å². The molecule has 0 amide bonds. The molecule has 1 saturated heterocycles. The molecule has 0 spiro atoms. The third kappa shape index (κ3) is 0.732. The van der Waals surface area contributed by atoms with Gasteiger partial charge in [0.2, 0.25) is 0 Å². The van der Waals surface area contributed by atoms with E-state index >= 15 is 0 Å². The quantitative estimate of drug-likeness (QED) is 0.507. The lowest BCUT2D eigenvalue weighted by Crippen LogP contribution is -2.40. The number of cyclic esters (lactones) is 1. The van der Waals surface area contributed by atoms with Gasteiger partial charge in [0, 0.05) is 5.92 Å². The van der Waals surface area contributed by atoms with E-state index in [0.717, 1.165) is 5.92 Å². The van der Waals surface area contributed by atoms with Gasteiger partial charge < -0.3 is 4.74 Å². The van der Waals surface area contributed by atoms with E-state index in [9.17, 15) is 4.79 Å². The predicted molar refractivity (Wildman–Crippen MR) is 43.1 cm³/mol. The van der Waals surface area contributed by atoms with E-state index in [1.807, 2.05) is 0 Å². The number of ether oxygens (including phenoxy) is 1. The maximum atomic E-state index is 11.4. The summed E-state index contributed by atoms with van der Waals surface area (Å²) in [5, 5.41) is 0. The highest BCUT2D eigenvalue weighted by Crippen LogP contribution is 2.51. The van der Waals surface area contributed by atoms with Crippen molar-refractivity contribution < 1.29 is 9.53 Å². The molecule has 0 N–H and O–H groups in total. The van der Waals surface area contributed by atoms with Crippen LogP contribution in [-0.4, -0.2) is 12.6 Å². The minimum absolute atomic E-state index is 0.0747. The minimum Gasteiger partial charge on any atom is -0.465 e. The Kier molecular flexibility index (Phi) is 1.29. The monoisotopic (exact) mass is 165 g/mol. The molecule has 2 nitrogen and oxygen atoms in total. The first-order valence-corrected chi connectivity index (χ1v) is 4.86. The van der Waals surface area contributed by atoms with Crippen molar-refractivity contribution in [1.29, 1.82) is 0 Å². The van der Waals surface area contributed by atoms with Gasteiger partial charge in [0.05, 0.1) is 12.5 Å². The Labute approximate surface area is 72.3 Å². The first-order chi connectivity index (χ1) is 5.86. The van der Waals surface area contributed by atoms with Gasteiger partial charge in [0.25, 0.3) is 0 Å². The number of hydrogen-bond acceptors (Lipinski definition) is 2. The second-order valence-corrected chi connectivity index (χ2v) is 4.29. The summed E-state index contributed by atoms with van der Waals surface area (Å²) in [6.45, 7) is 0.707. The molecule has 12 heavy (non-hydrogen) atoms. The molecule has 4 atom stereocenters. The van der Waals surface area contributed by atoms with E-state index < -0.39 is 0 Å². The van der Waals surface area contributed by atoms with Gasteiger partial charge in [-0.3, -0.25) is 4.79 Å². The van der Waals surface area contributed by atoms with E-state index in [4.69, 9.17) is 4.74 Å². The summed E-state index contributed by atoms with van der Waals surface area (Å²) in [5.74, 6) is 2.20. The second kappa shape index (κ2) is 2.24. The molecule has 0 aromatic heterocycles. The second-order valence-electron chi connectivity index (χ2n) is 4.29. The fourth-order valence-corrected chi connectivity index (χ4v) is 3.18. The van der Waals surface area contributed by atoms with Gasteiger partial charge >= 0.3 is 5.97 Å². The molecule has 1 heterocycles. The molecule has 4 rings (SSSR count). The largest absolute Gasteiger partial charge is 0.465 e. The lowest BCUT2D eigenvalue weighted by atomic mass is 9.60. The van der Waals surface area contributed by atoms with E-state index in [1.165, 1.54) is 19.3 Å². The molecule has 2 bridgehead atoms. The number of carbonyl (C=O) groups is 1. The highest BCUT2D eigenvalue weighted by Gasteiger charge is 2.51. The average Bonchev–Trinajstić information content (AvgIpc) is 2.53. The Morgan fingerprint density at radius 1 is 1.42 bits per heavy atom. The average molecular weight is 165 g/mol. The Morgan fingerprint density at radius 2 is 2.33 bits per heavy atom. The first-order valence-electron chi connectivity index (χ1n) is 4.86. The SMILES string of the molecule is O=C1OCC2C3C[CH]C(CC3)C12. The third-order valence-electron chi connectivity index (χ3n) is 3.83. The van der Waals surface area contributed by atoms with Gasteiger partial charge in [-0.05, 0) is 37.5 Å². The zero-order valence-electron chi connectivity index (χ0n) is 7.03. The van der Waals surface area contributed by atoms with Crippen LogP contribution in [0.3, 0.4) is 0 Å². The first kappa shape index (κ1) is 6.93. The summed E-state index contributed by atoms with van der Waals surface area (Å²) in [6.07, 6.45) is 6.12. The summed E-state index contributed by atoms with van der Waals surface area (Å²) < 4.78 is 5.12. The zero-order chi connectivity index (χ0) is 8.13. The van der Waals surface area contributed by atoms with E-state index in [-0.39, 0.29) is 11.9 Å². The van der Waals surface area contributed by atoms with Gasteiger partial charge in [0.15, 0.2) is 0 Å². The third-order valence-corrected chi connectivity index (χ3v) is 3.83. The molecule has 1 radical (unpaired) electrons. The van der Waals surface area contributed by atoms with Crippen LogP contribution < -0.4 is 0 Å². The minimum atomic E-state index is 0.0747. The fourth-order valence-electron chi connectivity index (χ4n) is 3.18. The number of carbonyl (C=O) groups excluding carboxylic acids is 1. The van der Waals surface area contributed by atoms with E-state index in [1.54, 1.807) is 0 Å². The lowest BCUT2D eigenvalue weighted by molar-refractivity contribution is -0.143. The maximum Gasteiger partial charge on any atom is 0.309 e. The van der Waals surface area contributed by atoms with E-state index in [0.29, 0.717) is 18.4 Å². The fraction of sp³-hybridized carbons (Fsp3) is 0.800. The molecule has 4 fully saturated rings. The van der Waals surface area contributed by atoms with Crippen LogP contribution in [0.5, 0.6) is 0 Å². The summed E-state index contributed by atoms with van der Waals surface area (Å²) in [5.41, 5.74) is 0. The Bertz CT molecular complexity index is 216. The Hall–Kier alpha value is -0.530. The number of rotatable bonds is 0. The van der Waals surface area contributed by atoms with Gasteiger partial charge in [-0.15, -0.1) is 0 Å². The summed E-state index contributed by atoms with van der Waals surface area (Å²) >= 11 is 0.